The summed E-state index contributed by atoms with van der Waals surface area (Å²) in [6.07, 6.45) is 3.75. The summed E-state index contributed by atoms with van der Waals surface area (Å²) in [7, 11) is 1.69. The molecule has 6 nitrogen and oxygen atoms in total. The lowest BCUT2D eigenvalue weighted by molar-refractivity contribution is -0.139. The molecule has 0 spiro atoms. The van der Waals surface area contributed by atoms with Gasteiger partial charge in [0.15, 0.2) is 11.8 Å². The second-order valence-corrected chi connectivity index (χ2v) is 7.71. The number of aliphatic carboxylic acids is 1. The molecule has 0 aliphatic carbocycles. The highest BCUT2D eigenvalue weighted by Crippen LogP contribution is 2.34. The third kappa shape index (κ3) is 4.96. The van der Waals surface area contributed by atoms with Gasteiger partial charge < -0.3 is 9.84 Å². The number of nitrogens with zero attached hydrogens (tertiary/aromatic N) is 2. The highest BCUT2D eigenvalue weighted by Gasteiger charge is 2.30. The smallest absolute Gasteiger partial charge is 0.341 e. The Bertz CT molecular complexity index is 972. The molecule has 1 aliphatic heterocycles. The van der Waals surface area contributed by atoms with Crippen LogP contribution in [0, 0.1) is 0 Å². The topological polar surface area (TPSA) is 79.2 Å². The van der Waals surface area contributed by atoms with Crippen molar-refractivity contribution in [3.05, 3.63) is 59.0 Å². The van der Waals surface area contributed by atoms with Crippen LogP contribution >= 0.6 is 23.5 Å². The van der Waals surface area contributed by atoms with Gasteiger partial charge in [-0.2, -0.15) is 0 Å². The number of amides is 1. The molecule has 0 atom stereocenters. The van der Waals surface area contributed by atoms with Crippen LogP contribution in [-0.2, 0) is 9.59 Å². The minimum atomic E-state index is -1.04. The third-order valence-corrected chi connectivity index (χ3v) is 5.59. The summed E-state index contributed by atoms with van der Waals surface area (Å²) in [5, 5.41) is 9.32. The fraction of sp³-hybridized carbons (Fsp3) is 0.150. The van der Waals surface area contributed by atoms with Gasteiger partial charge >= 0.3 is 5.97 Å². The summed E-state index contributed by atoms with van der Waals surface area (Å²) >= 11 is 2.93. The monoisotopic (exact) mass is 414 g/mol. The lowest BCUT2D eigenvalue weighted by atomic mass is 10.2. The second-order valence-electron chi connectivity index (χ2n) is 5.83. The largest absolute Gasteiger partial charge is 0.482 e. The van der Waals surface area contributed by atoms with Gasteiger partial charge in [0, 0.05) is 11.9 Å². The lowest BCUT2D eigenvalue weighted by Crippen LogP contribution is -2.23. The number of hydrogen-bond donors (Lipinski definition) is 1. The number of carbonyl (C=O) groups is 2. The number of aliphatic imine (C=N–C) groups is 1. The first-order valence-electron chi connectivity index (χ1n) is 8.31. The van der Waals surface area contributed by atoms with Crippen LogP contribution in [0.5, 0.6) is 5.75 Å². The molecule has 8 heteroatoms. The van der Waals surface area contributed by atoms with Crippen molar-refractivity contribution < 1.29 is 19.4 Å². The predicted molar refractivity (Wildman–Crippen MR) is 113 cm³/mol. The van der Waals surface area contributed by atoms with E-state index < -0.39 is 12.6 Å². The normalized spacial score (nSPS) is 16.8. The molecule has 1 N–H and O–H groups in total. The summed E-state index contributed by atoms with van der Waals surface area (Å²) in [6.45, 7) is -0.414. The van der Waals surface area contributed by atoms with Crippen molar-refractivity contribution in [1.82, 2.24) is 4.90 Å². The van der Waals surface area contributed by atoms with Gasteiger partial charge in [-0.15, -0.1) is 11.8 Å². The van der Waals surface area contributed by atoms with Gasteiger partial charge in [-0.25, -0.2) is 9.79 Å². The van der Waals surface area contributed by atoms with Gasteiger partial charge in [-0.3, -0.25) is 9.69 Å². The molecule has 0 unspecified atom stereocenters. The number of thioether (sulfide) groups is 2. The molecule has 1 amide bonds. The van der Waals surface area contributed by atoms with Crippen molar-refractivity contribution in [3.8, 4) is 5.75 Å². The Morgan fingerprint density at radius 3 is 2.82 bits per heavy atom. The van der Waals surface area contributed by atoms with E-state index in [1.165, 1.54) is 16.7 Å². The molecule has 28 heavy (non-hydrogen) atoms. The van der Waals surface area contributed by atoms with Crippen molar-refractivity contribution in [1.29, 1.82) is 0 Å². The number of hydrogen-bond acceptors (Lipinski definition) is 6. The number of ether oxygens (including phenoxy) is 1. The van der Waals surface area contributed by atoms with Gasteiger partial charge in [0.05, 0.1) is 10.6 Å². The minimum absolute atomic E-state index is 0.137. The SMILES string of the molecule is CSc1cccc(N=C2S/C(=C/c3cccc(OCC(=O)O)c3)C(=O)N2C)c1. The fourth-order valence-corrected chi connectivity index (χ4v) is 3.87. The molecular formula is C20H18N2O4S2. The van der Waals surface area contributed by atoms with Crippen LogP contribution < -0.4 is 4.74 Å². The first kappa shape index (κ1) is 20.0. The van der Waals surface area contributed by atoms with Crippen LogP contribution in [0.3, 0.4) is 0 Å². The Morgan fingerprint density at radius 1 is 1.29 bits per heavy atom. The molecule has 2 aromatic carbocycles. The summed E-state index contributed by atoms with van der Waals surface area (Å²) in [4.78, 5) is 31.0. The third-order valence-electron chi connectivity index (χ3n) is 3.80. The summed E-state index contributed by atoms with van der Waals surface area (Å²) in [6, 6.07) is 14.8. The Kier molecular flexibility index (Phi) is 6.43. The van der Waals surface area contributed by atoms with Crippen LogP contribution in [0.2, 0.25) is 0 Å². The van der Waals surface area contributed by atoms with E-state index in [-0.39, 0.29) is 5.91 Å². The molecule has 3 rings (SSSR count). The van der Waals surface area contributed by atoms with Crippen LogP contribution in [-0.4, -0.2) is 47.0 Å². The second kappa shape index (κ2) is 8.99. The number of rotatable bonds is 6. The van der Waals surface area contributed by atoms with E-state index in [2.05, 4.69) is 4.99 Å². The number of likely N-dealkylation sites (N-methyl/N-ethyl adjacent to an activating group) is 1. The molecule has 1 aliphatic rings. The molecule has 1 heterocycles. The zero-order valence-corrected chi connectivity index (χ0v) is 16.9. The van der Waals surface area contributed by atoms with Crippen molar-refractivity contribution in [2.75, 3.05) is 19.9 Å². The van der Waals surface area contributed by atoms with Crippen LogP contribution in [0.4, 0.5) is 5.69 Å². The number of carboxylic acid groups (broad SMARTS) is 1. The first-order chi connectivity index (χ1) is 13.5. The highest BCUT2D eigenvalue weighted by molar-refractivity contribution is 8.18. The van der Waals surface area contributed by atoms with Gasteiger partial charge in [-0.1, -0.05) is 18.2 Å². The van der Waals surface area contributed by atoms with Crippen LogP contribution in [0.15, 0.2) is 63.3 Å². The van der Waals surface area contributed by atoms with E-state index in [0.29, 0.717) is 15.8 Å². The van der Waals surface area contributed by atoms with Crippen LogP contribution in [0.25, 0.3) is 6.08 Å². The summed E-state index contributed by atoms with van der Waals surface area (Å²) < 4.78 is 5.19. The van der Waals surface area contributed by atoms with E-state index in [0.717, 1.165) is 16.1 Å². The van der Waals surface area contributed by atoms with Gasteiger partial charge in [0.2, 0.25) is 0 Å². The molecule has 0 radical (unpaired) electrons. The molecule has 0 bridgehead atoms. The predicted octanol–water partition coefficient (Wildman–Crippen LogP) is 4.11. The minimum Gasteiger partial charge on any atom is -0.482 e. The summed E-state index contributed by atoms with van der Waals surface area (Å²) in [5.41, 5.74) is 1.54. The Hall–Kier alpha value is -2.71. The highest BCUT2D eigenvalue weighted by atomic mass is 32.2. The van der Waals surface area contributed by atoms with Crippen molar-refractivity contribution in [3.63, 3.8) is 0 Å². The van der Waals surface area contributed by atoms with E-state index in [4.69, 9.17) is 9.84 Å². The van der Waals surface area contributed by atoms with Crippen molar-refractivity contribution in [2.24, 2.45) is 4.99 Å². The number of carboxylic acids is 1. The molecule has 1 saturated heterocycles. The van der Waals surface area contributed by atoms with Gasteiger partial charge in [-0.05, 0) is 60.0 Å². The van der Waals surface area contributed by atoms with E-state index in [1.807, 2.05) is 36.6 Å². The molecule has 0 aromatic heterocycles. The van der Waals surface area contributed by atoms with E-state index in [1.54, 1.807) is 43.1 Å². The lowest BCUT2D eigenvalue weighted by Gasteiger charge is -2.07. The average Bonchev–Trinajstić information content (AvgIpc) is 2.94. The Balaban J connectivity index is 1.82. The molecular weight excluding hydrogens is 396 g/mol. The van der Waals surface area contributed by atoms with Crippen molar-refractivity contribution >= 4 is 52.3 Å². The number of amidine groups is 1. The summed E-state index contributed by atoms with van der Waals surface area (Å²) in [5.74, 6) is -0.747. The number of carbonyl (C=O) groups excluding carboxylic acids is 1. The Labute approximate surface area is 171 Å². The number of benzene rings is 2. The maximum Gasteiger partial charge on any atom is 0.341 e. The first-order valence-corrected chi connectivity index (χ1v) is 10.4. The fourth-order valence-electron chi connectivity index (χ4n) is 2.43. The van der Waals surface area contributed by atoms with Gasteiger partial charge in [0.1, 0.15) is 5.75 Å². The zero-order chi connectivity index (χ0) is 20.1. The van der Waals surface area contributed by atoms with Gasteiger partial charge in [0.25, 0.3) is 5.91 Å². The van der Waals surface area contributed by atoms with Crippen LogP contribution in [0.1, 0.15) is 5.56 Å². The molecule has 1 fully saturated rings. The Morgan fingerprint density at radius 2 is 2.07 bits per heavy atom. The van der Waals surface area contributed by atoms with E-state index >= 15 is 0 Å². The quantitative estimate of drug-likeness (QED) is 0.566. The molecule has 144 valence electrons. The average molecular weight is 415 g/mol. The molecule has 2 aromatic rings. The zero-order valence-electron chi connectivity index (χ0n) is 15.3. The maximum atomic E-state index is 12.6. The molecule has 0 saturated carbocycles. The van der Waals surface area contributed by atoms with Crippen molar-refractivity contribution in [2.45, 2.75) is 4.90 Å². The standard InChI is InChI=1S/C20H18N2O4S2/c1-22-19(25)17(10-13-5-3-7-15(9-13)26-12-18(23)24)28-20(22)21-14-6-4-8-16(11-14)27-2/h3-11H,12H2,1-2H3,(H,23,24)/b17-10+,21-20?. The van der Waals surface area contributed by atoms with E-state index in [9.17, 15) is 9.59 Å². The maximum absolute atomic E-state index is 12.6.